The lowest BCUT2D eigenvalue weighted by Gasteiger charge is -1.99. The molecular weight excluding hydrogens is 278 g/mol. The van der Waals surface area contributed by atoms with Crippen LogP contribution in [0.2, 0.25) is 0 Å². The molecule has 4 heteroatoms. The second-order valence-electron chi connectivity index (χ2n) is 4.87. The SMILES string of the molecule is Cc1ccccc1/C=C/C(=O)OCc1nc2ccccc2o1. The molecule has 0 saturated carbocycles. The fraction of sp³-hybridized carbons (Fsp3) is 0.111. The molecule has 0 fully saturated rings. The molecule has 0 atom stereocenters. The summed E-state index contributed by atoms with van der Waals surface area (Å²) in [5, 5.41) is 0. The van der Waals surface area contributed by atoms with E-state index in [2.05, 4.69) is 4.98 Å². The lowest BCUT2D eigenvalue weighted by molar-refractivity contribution is -0.139. The molecule has 1 heterocycles. The molecule has 2 aromatic carbocycles. The third-order valence-corrected chi connectivity index (χ3v) is 3.26. The van der Waals surface area contributed by atoms with E-state index in [0.717, 1.165) is 16.6 Å². The number of hydrogen-bond donors (Lipinski definition) is 0. The van der Waals surface area contributed by atoms with Crippen LogP contribution in [0, 0.1) is 6.92 Å². The monoisotopic (exact) mass is 293 g/mol. The number of para-hydroxylation sites is 2. The zero-order valence-electron chi connectivity index (χ0n) is 12.2. The Morgan fingerprint density at radius 2 is 1.95 bits per heavy atom. The van der Waals surface area contributed by atoms with E-state index >= 15 is 0 Å². The Balaban J connectivity index is 1.61. The van der Waals surface area contributed by atoms with Crippen molar-refractivity contribution in [3.05, 3.63) is 71.6 Å². The van der Waals surface area contributed by atoms with Crippen LogP contribution in [0.4, 0.5) is 0 Å². The van der Waals surface area contributed by atoms with E-state index in [1.807, 2.05) is 55.5 Å². The molecule has 0 saturated heterocycles. The number of esters is 1. The molecule has 3 aromatic rings. The minimum absolute atomic E-state index is 0.0195. The van der Waals surface area contributed by atoms with Gasteiger partial charge in [-0.25, -0.2) is 9.78 Å². The van der Waals surface area contributed by atoms with E-state index in [0.29, 0.717) is 11.5 Å². The van der Waals surface area contributed by atoms with Gasteiger partial charge in [0.15, 0.2) is 12.2 Å². The van der Waals surface area contributed by atoms with Gasteiger partial charge < -0.3 is 9.15 Å². The van der Waals surface area contributed by atoms with Crippen molar-refractivity contribution in [3.8, 4) is 0 Å². The molecule has 22 heavy (non-hydrogen) atoms. The molecule has 0 unspecified atom stereocenters. The average Bonchev–Trinajstić information content (AvgIpc) is 2.95. The van der Waals surface area contributed by atoms with Gasteiger partial charge in [0, 0.05) is 6.08 Å². The van der Waals surface area contributed by atoms with Gasteiger partial charge in [0.1, 0.15) is 5.52 Å². The molecule has 1 aromatic heterocycles. The topological polar surface area (TPSA) is 52.3 Å². The van der Waals surface area contributed by atoms with E-state index in [9.17, 15) is 4.79 Å². The van der Waals surface area contributed by atoms with E-state index in [-0.39, 0.29) is 6.61 Å². The zero-order valence-corrected chi connectivity index (χ0v) is 12.2. The fourth-order valence-corrected chi connectivity index (χ4v) is 2.09. The van der Waals surface area contributed by atoms with Crippen molar-refractivity contribution in [2.75, 3.05) is 0 Å². The summed E-state index contributed by atoms with van der Waals surface area (Å²) in [4.78, 5) is 16.0. The van der Waals surface area contributed by atoms with Crippen LogP contribution in [0.15, 0.2) is 59.0 Å². The predicted molar refractivity (Wildman–Crippen MR) is 84.0 cm³/mol. The van der Waals surface area contributed by atoms with Crippen molar-refractivity contribution in [1.29, 1.82) is 0 Å². The van der Waals surface area contributed by atoms with Gasteiger partial charge in [0.05, 0.1) is 0 Å². The quantitative estimate of drug-likeness (QED) is 0.541. The zero-order chi connectivity index (χ0) is 15.4. The Bertz CT molecular complexity index is 800. The number of ether oxygens (including phenoxy) is 1. The second-order valence-corrected chi connectivity index (χ2v) is 4.87. The Labute approximate surface area is 128 Å². The van der Waals surface area contributed by atoms with Crippen molar-refractivity contribution in [1.82, 2.24) is 4.98 Å². The van der Waals surface area contributed by atoms with Crippen molar-refractivity contribution >= 4 is 23.1 Å². The number of benzene rings is 2. The summed E-state index contributed by atoms with van der Waals surface area (Å²) in [7, 11) is 0. The van der Waals surface area contributed by atoms with Gasteiger partial charge >= 0.3 is 5.97 Å². The summed E-state index contributed by atoms with van der Waals surface area (Å²) in [5.74, 6) is -0.0376. The molecule has 4 nitrogen and oxygen atoms in total. The summed E-state index contributed by atoms with van der Waals surface area (Å²) < 4.78 is 10.6. The highest BCUT2D eigenvalue weighted by molar-refractivity contribution is 5.87. The Morgan fingerprint density at radius 1 is 1.18 bits per heavy atom. The standard InChI is InChI=1S/C18H15NO3/c1-13-6-2-3-7-14(13)10-11-18(20)21-12-17-19-15-8-4-5-9-16(15)22-17/h2-11H,12H2,1H3/b11-10+. The Kier molecular flexibility index (Phi) is 4.01. The van der Waals surface area contributed by atoms with Crippen LogP contribution in [0.1, 0.15) is 17.0 Å². The number of nitrogens with zero attached hydrogens (tertiary/aromatic N) is 1. The summed E-state index contributed by atoms with van der Waals surface area (Å²) >= 11 is 0. The lowest BCUT2D eigenvalue weighted by Crippen LogP contribution is -2.00. The van der Waals surface area contributed by atoms with Crippen LogP contribution in [0.5, 0.6) is 0 Å². The highest BCUT2D eigenvalue weighted by Crippen LogP contribution is 2.15. The number of carbonyl (C=O) groups is 1. The molecule has 0 radical (unpaired) electrons. The maximum absolute atomic E-state index is 11.7. The van der Waals surface area contributed by atoms with Gasteiger partial charge in [-0.3, -0.25) is 0 Å². The third kappa shape index (κ3) is 3.23. The average molecular weight is 293 g/mol. The summed E-state index contributed by atoms with van der Waals surface area (Å²) in [5.41, 5.74) is 3.53. The molecule has 0 amide bonds. The van der Waals surface area contributed by atoms with Crippen molar-refractivity contribution in [3.63, 3.8) is 0 Å². The van der Waals surface area contributed by atoms with Crippen LogP contribution < -0.4 is 0 Å². The molecule has 0 spiro atoms. The van der Waals surface area contributed by atoms with Crippen molar-refractivity contribution in [2.45, 2.75) is 13.5 Å². The van der Waals surface area contributed by atoms with Gasteiger partial charge in [0.2, 0.25) is 5.89 Å². The Hall–Kier alpha value is -2.88. The summed E-state index contributed by atoms with van der Waals surface area (Å²) in [6.45, 7) is 2.01. The minimum Gasteiger partial charge on any atom is -0.453 e. The lowest BCUT2D eigenvalue weighted by atomic mass is 10.1. The maximum Gasteiger partial charge on any atom is 0.331 e. The van der Waals surface area contributed by atoms with Crippen molar-refractivity contribution in [2.24, 2.45) is 0 Å². The van der Waals surface area contributed by atoms with Crippen LogP contribution in [-0.2, 0) is 16.1 Å². The second kappa shape index (κ2) is 6.26. The number of aromatic nitrogens is 1. The number of hydrogen-bond acceptors (Lipinski definition) is 4. The van der Waals surface area contributed by atoms with E-state index in [1.165, 1.54) is 6.08 Å². The van der Waals surface area contributed by atoms with Crippen LogP contribution >= 0.6 is 0 Å². The number of oxazole rings is 1. The first kappa shape index (κ1) is 14.1. The summed E-state index contributed by atoms with van der Waals surface area (Å²) in [6, 6.07) is 15.2. The third-order valence-electron chi connectivity index (χ3n) is 3.26. The smallest absolute Gasteiger partial charge is 0.331 e. The van der Waals surface area contributed by atoms with Gasteiger partial charge in [0.25, 0.3) is 0 Å². The molecular formula is C18H15NO3. The number of fused-ring (bicyclic) bond motifs is 1. The first-order chi connectivity index (χ1) is 10.7. The highest BCUT2D eigenvalue weighted by atomic mass is 16.5. The molecule has 110 valence electrons. The van der Waals surface area contributed by atoms with Gasteiger partial charge in [-0.15, -0.1) is 0 Å². The highest BCUT2D eigenvalue weighted by Gasteiger charge is 2.07. The van der Waals surface area contributed by atoms with Crippen LogP contribution in [-0.4, -0.2) is 11.0 Å². The number of aryl methyl sites for hydroxylation is 1. The fourth-order valence-electron chi connectivity index (χ4n) is 2.09. The van der Waals surface area contributed by atoms with E-state index in [1.54, 1.807) is 6.08 Å². The first-order valence-corrected chi connectivity index (χ1v) is 6.97. The van der Waals surface area contributed by atoms with Crippen LogP contribution in [0.25, 0.3) is 17.2 Å². The minimum atomic E-state index is -0.425. The largest absolute Gasteiger partial charge is 0.453 e. The predicted octanol–water partition coefficient (Wildman–Crippen LogP) is 3.89. The van der Waals surface area contributed by atoms with Gasteiger partial charge in [-0.2, -0.15) is 0 Å². The molecule has 3 rings (SSSR count). The molecule has 0 aliphatic rings. The van der Waals surface area contributed by atoms with E-state index in [4.69, 9.17) is 9.15 Å². The van der Waals surface area contributed by atoms with Gasteiger partial charge in [-0.1, -0.05) is 36.4 Å². The normalized spacial score (nSPS) is 11.1. The first-order valence-electron chi connectivity index (χ1n) is 6.97. The molecule has 0 aliphatic heterocycles. The molecule has 0 bridgehead atoms. The van der Waals surface area contributed by atoms with Crippen LogP contribution in [0.3, 0.4) is 0 Å². The molecule has 0 N–H and O–H groups in total. The Morgan fingerprint density at radius 3 is 2.77 bits per heavy atom. The van der Waals surface area contributed by atoms with E-state index < -0.39 is 5.97 Å². The van der Waals surface area contributed by atoms with Gasteiger partial charge in [-0.05, 0) is 36.3 Å². The van der Waals surface area contributed by atoms with Crippen molar-refractivity contribution < 1.29 is 13.9 Å². The molecule has 0 aliphatic carbocycles. The number of rotatable bonds is 4. The maximum atomic E-state index is 11.7. The number of carbonyl (C=O) groups excluding carboxylic acids is 1. The summed E-state index contributed by atoms with van der Waals surface area (Å²) in [6.07, 6.45) is 3.15.